The first-order chi connectivity index (χ1) is 9.81. The monoisotopic (exact) mass is 287 g/mol. The number of hydrogen-bond acceptors (Lipinski definition) is 3. The van der Waals surface area contributed by atoms with Gasteiger partial charge in [-0.1, -0.05) is 11.6 Å². The van der Waals surface area contributed by atoms with Crippen molar-refractivity contribution in [1.29, 1.82) is 0 Å². The van der Waals surface area contributed by atoms with Crippen LogP contribution in [0.25, 0.3) is 10.9 Å². The van der Waals surface area contributed by atoms with Gasteiger partial charge in [0, 0.05) is 42.4 Å². The Balaban J connectivity index is 1.58. The van der Waals surface area contributed by atoms with Crippen molar-refractivity contribution in [3.63, 3.8) is 0 Å². The molecule has 3 nitrogen and oxygen atoms in total. The second-order valence-electron chi connectivity index (χ2n) is 5.85. The summed E-state index contributed by atoms with van der Waals surface area (Å²) in [6, 6.07) is 9.48. The van der Waals surface area contributed by atoms with Gasteiger partial charge >= 0.3 is 0 Å². The number of fused-ring (bicyclic) bond motifs is 1. The molecule has 1 aromatic carbocycles. The zero-order chi connectivity index (χ0) is 13.5. The molecule has 104 valence electrons. The number of aromatic nitrogens is 1. The Labute approximate surface area is 123 Å². The van der Waals surface area contributed by atoms with Gasteiger partial charge in [0.25, 0.3) is 0 Å². The van der Waals surface area contributed by atoms with E-state index in [4.69, 9.17) is 11.6 Å². The van der Waals surface area contributed by atoms with E-state index in [-0.39, 0.29) is 0 Å². The third-order valence-electron chi connectivity index (χ3n) is 4.36. The second kappa shape index (κ2) is 4.90. The zero-order valence-corrected chi connectivity index (χ0v) is 12.1. The summed E-state index contributed by atoms with van der Waals surface area (Å²) in [5.74, 6) is 0. The van der Waals surface area contributed by atoms with E-state index < -0.39 is 0 Å². The Morgan fingerprint density at radius 1 is 1.20 bits per heavy atom. The molecule has 0 amide bonds. The van der Waals surface area contributed by atoms with E-state index in [0.717, 1.165) is 34.2 Å². The maximum absolute atomic E-state index is 6.22. The van der Waals surface area contributed by atoms with Gasteiger partial charge in [-0.3, -0.25) is 9.88 Å². The summed E-state index contributed by atoms with van der Waals surface area (Å²) in [6.45, 7) is 2.39. The van der Waals surface area contributed by atoms with Crippen LogP contribution in [0.1, 0.15) is 19.3 Å². The van der Waals surface area contributed by atoms with Crippen LogP contribution in [0.15, 0.2) is 30.5 Å². The predicted octanol–water partition coefficient (Wildman–Crippen LogP) is 3.54. The quantitative estimate of drug-likeness (QED) is 0.936. The molecular weight excluding hydrogens is 270 g/mol. The molecule has 2 aliphatic rings. The summed E-state index contributed by atoms with van der Waals surface area (Å²) in [4.78, 5) is 7.01. The molecule has 0 spiro atoms. The van der Waals surface area contributed by atoms with Crippen LogP contribution in [-0.2, 0) is 0 Å². The van der Waals surface area contributed by atoms with Gasteiger partial charge in [-0.25, -0.2) is 0 Å². The fourth-order valence-electron chi connectivity index (χ4n) is 3.16. The van der Waals surface area contributed by atoms with E-state index in [2.05, 4.69) is 27.3 Å². The molecule has 2 heterocycles. The molecule has 1 atom stereocenters. The van der Waals surface area contributed by atoms with Crippen LogP contribution in [0.3, 0.4) is 0 Å². The highest BCUT2D eigenvalue weighted by atomic mass is 35.5. The number of nitrogens with one attached hydrogen (secondary N) is 1. The van der Waals surface area contributed by atoms with E-state index in [9.17, 15) is 0 Å². The topological polar surface area (TPSA) is 28.2 Å². The van der Waals surface area contributed by atoms with Crippen molar-refractivity contribution in [2.45, 2.75) is 31.3 Å². The summed E-state index contributed by atoms with van der Waals surface area (Å²) in [7, 11) is 0. The summed E-state index contributed by atoms with van der Waals surface area (Å²) in [5.41, 5.74) is 2.04. The first-order valence-corrected chi connectivity index (χ1v) is 7.73. The number of rotatable bonds is 3. The molecule has 4 heteroatoms. The van der Waals surface area contributed by atoms with Crippen LogP contribution in [0.4, 0.5) is 5.69 Å². The summed E-state index contributed by atoms with van der Waals surface area (Å²) in [6.07, 6.45) is 5.80. The van der Waals surface area contributed by atoms with Crippen molar-refractivity contribution in [2.75, 3.05) is 18.4 Å². The van der Waals surface area contributed by atoms with Crippen LogP contribution >= 0.6 is 11.6 Å². The first-order valence-electron chi connectivity index (χ1n) is 7.35. The fourth-order valence-corrected chi connectivity index (χ4v) is 3.37. The lowest BCUT2D eigenvalue weighted by atomic mass is 10.1. The molecule has 1 saturated heterocycles. The van der Waals surface area contributed by atoms with Crippen molar-refractivity contribution >= 4 is 28.2 Å². The number of anilines is 1. The molecular formula is C16H18ClN3. The van der Waals surface area contributed by atoms with E-state index >= 15 is 0 Å². The number of hydrogen-bond donors (Lipinski definition) is 1. The minimum Gasteiger partial charge on any atom is -0.380 e. The van der Waals surface area contributed by atoms with Gasteiger partial charge < -0.3 is 5.32 Å². The predicted molar refractivity (Wildman–Crippen MR) is 83.4 cm³/mol. The number of halogens is 1. The van der Waals surface area contributed by atoms with Gasteiger partial charge in [0.05, 0.1) is 10.5 Å². The Morgan fingerprint density at radius 3 is 2.95 bits per heavy atom. The van der Waals surface area contributed by atoms with E-state index in [0.29, 0.717) is 6.04 Å². The number of benzene rings is 1. The van der Waals surface area contributed by atoms with Gasteiger partial charge in [0.15, 0.2) is 0 Å². The van der Waals surface area contributed by atoms with E-state index in [1.807, 2.05) is 12.1 Å². The highest BCUT2D eigenvalue weighted by Crippen LogP contribution is 2.32. The minimum absolute atomic E-state index is 0.542. The lowest BCUT2D eigenvalue weighted by molar-refractivity contribution is 0.326. The largest absolute Gasteiger partial charge is 0.380 e. The molecule has 1 aliphatic carbocycles. The molecule has 1 saturated carbocycles. The second-order valence-corrected chi connectivity index (χ2v) is 6.26. The molecule has 1 aromatic heterocycles. The smallest absolute Gasteiger partial charge is 0.0908 e. The summed E-state index contributed by atoms with van der Waals surface area (Å²) in [5, 5.41) is 5.52. The SMILES string of the molecule is Clc1ccc(NC2CCN(C3CC3)C2)c2cccnc12. The normalized spacial score (nSPS) is 23.4. The van der Waals surface area contributed by atoms with Crippen LogP contribution in [0, 0.1) is 0 Å². The standard InChI is InChI=1S/C16H18ClN3/c17-14-5-6-15(13-2-1-8-18-16(13)14)19-11-7-9-20(10-11)12-3-4-12/h1-2,5-6,8,11-12,19H,3-4,7,9-10H2. The van der Waals surface area contributed by atoms with Gasteiger partial charge in [0.1, 0.15) is 0 Å². The van der Waals surface area contributed by atoms with Crippen LogP contribution in [-0.4, -0.2) is 35.1 Å². The van der Waals surface area contributed by atoms with Crippen molar-refractivity contribution in [1.82, 2.24) is 9.88 Å². The van der Waals surface area contributed by atoms with Gasteiger partial charge in [0.2, 0.25) is 0 Å². The van der Waals surface area contributed by atoms with Crippen molar-refractivity contribution in [2.24, 2.45) is 0 Å². The molecule has 1 N–H and O–H groups in total. The summed E-state index contributed by atoms with van der Waals surface area (Å²) >= 11 is 6.22. The Morgan fingerprint density at radius 2 is 2.10 bits per heavy atom. The number of likely N-dealkylation sites (tertiary alicyclic amines) is 1. The number of nitrogens with zero attached hydrogens (tertiary/aromatic N) is 2. The van der Waals surface area contributed by atoms with Crippen LogP contribution < -0.4 is 5.32 Å². The third-order valence-corrected chi connectivity index (χ3v) is 4.67. The lowest BCUT2D eigenvalue weighted by Crippen LogP contribution is -2.27. The average Bonchev–Trinajstić information content (AvgIpc) is 3.23. The molecule has 20 heavy (non-hydrogen) atoms. The maximum atomic E-state index is 6.22. The molecule has 1 aliphatic heterocycles. The van der Waals surface area contributed by atoms with Crippen molar-refractivity contribution in [3.8, 4) is 0 Å². The Bertz CT molecular complexity index is 639. The molecule has 4 rings (SSSR count). The molecule has 2 fully saturated rings. The highest BCUT2D eigenvalue weighted by molar-refractivity contribution is 6.35. The third kappa shape index (κ3) is 2.25. The Hall–Kier alpha value is -1.32. The Kier molecular flexibility index (Phi) is 3.04. The van der Waals surface area contributed by atoms with Crippen LogP contribution in [0.5, 0.6) is 0 Å². The average molecular weight is 288 g/mol. The van der Waals surface area contributed by atoms with E-state index in [1.165, 1.54) is 25.8 Å². The molecule has 2 aromatic rings. The summed E-state index contributed by atoms with van der Waals surface area (Å²) < 4.78 is 0. The fraction of sp³-hybridized carbons (Fsp3) is 0.438. The molecule has 1 unspecified atom stereocenters. The first kappa shape index (κ1) is 12.4. The zero-order valence-electron chi connectivity index (χ0n) is 11.3. The molecule has 0 bridgehead atoms. The van der Waals surface area contributed by atoms with E-state index in [1.54, 1.807) is 6.20 Å². The highest BCUT2D eigenvalue weighted by Gasteiger charge is 2.34. The maximum Gasteiger partial charge on any atom is 0.0908 e. The van der Waals surface area contributed by atoms with Crippen molar-refractivity contribution in [3.05, 3.63) is 35.5 Å². The minimum atomic E-state index is 0.542. The van der Waals surface area contributed by atoms with Gasteiger partial charge in [-0.2, -0.15) is 0 Å². The number of pyridine rings is 1. The van der Waals surface area contributed by atoms with Gasteiger partial charge in [-0.05, 0) is 43.5 Å². The lowest BCUT2D eigenvalue weighted by Gasteiger charge is -2.18. The van der Waals surface area contributed by atoms with Gasteiger partial charge in [-0.15, -0.1) is 0 Å². The van der Waals surface area contributed by atoms with Crippen molar-refractivity contribution < 1.29 is 0 Å². The molecule has 0 radical (unpaired) electrons. The van der Waals surface area contributed by atoms with Crippen LogP contribution in [0.2, 0.25) is 5.02 Å².